The van der Waals surface area contributed by atoms with Crippen LogP contribution in [0, 0.1) is 0 Å². The highest BCUT2D eigenvalue weighted by Gasteiger charge is 2.49. The van der Waals surface area contributed by atoms with E-state index in [9.17, 15) is 9.90 Å². The Labute approximate surface area is 240 Å². The third-order valence-corrected chi connectivity index (χ3v) is 9.17. The second kappa shape index (κ2) is 14.2. The van der Waals surface area contributed by atoms with Crippen LogP contribution >= 0.6 is 0 Å². The fourth-order valence-corrected chi connectivity index (χ4v) is 5.81. The van der Waals surface area contributed by atoms with Gasteiger partial charge in [-0.05, 0) is 51.4 Å². The van der Waals surface area contributed by atoms with Crippen molar-refractivity contribution in [2.24, 2.45) is 0 Å². The third kappa shape index (κ3) is 7.09. The summed E-state index contributed by atoms with van der Waals surface area (Å²) in [6.07, 6.45) is 3.62. The summed E-state index contributed by atoms with van der Waals surface area (Å²) in [6, 6.07) is 0. The number of ketones is 1. The van der Waals surface area contributed by atoms with Crippen molar-refractivity contribution in [1.82, 2.24) is 0 Å². The maximum atomic E-state index is 12.5. The Bertz CT molecular complexity index is 725. The van der Waals surface area contributed by atoms with Gasteiger partial charge in [0.1, 0.15) is 30.5 Å². The minimum Gasteiger partial charge on any atom is -0.388 e. The number of rotatable bonds is 12. The zero-order chi connectivity index (χ0) is 29.6. The van der Waals surface area contributed by atoms with E-state index >= 15 is 0 Å². The van der Waals surface area contributed by atoms with E-state index in [1.165, 1.54) is 0 Å². The maximum absolute atomic E-state index is 12.5. The molecule has 4 aliphatic heterocycles. The van der Waals surface area contributed by atoms with Gasteiger partial charge in [-0.2, -0.15) is 0 Å². The number of hydrogen-bond donors (Lipinski definition) is 1. The summed E-state index contributed by atoms with van der Waals surface area (Å²) < 4.78 is 46.5. The van der Waals surface area contributed by atoms with Crippen LogP contribution in [0.1, 0.15) is 107 Å². The van der Waals surface area contributed by atoms with Crippen LogP contribution in [-0.4, -0.2) is 91.0 Å². The van der Waals surface area contributed by atoms with Crippen LogP contribution in [0.3, 0.4) is 0 Å². The number of carbonyl (C=O) groups excluding carboxylic acids is 1. The van der Waals surface area contributed by atoms with E-state index in [0.717, 1.165) is 51.4 Å². The summed E-state index contributed by atoms with van der Waals surface area (Å²) in [5, 5.41) is 10.5. The van der Waals surface area contributed by atoms with Crippen LogP contribution < -0.4 is 0 Å². The summed E-state index contributed by atoms with van der Waals surface area (Å²) in [5.74, 6) is -2.36. The Morgan fingerprint density at radius 1 is 0.550 bits per heavy atom. The number of aliphatic hydroxyl groups is 1. The van der Waals surface area contributed by atoms with Crippen molar-refractivity contribution in [3.63, 3.8) is 0 Å². The van der Waals surface area contributed by atoms with Gasteiger partial charge in [-0.1, -0.05) is 55.4 Å². The third-order valence-electron chi connectivity index (χ3n) is 9.17. The van der Waals surface area contributed by atoms with Gasteiger partial charge < -0.3 is 43.0 Å². The number of ether oxygens (including phenoxy) is 8. The van der Waals surface area contributed by atoms with Crippen molar-refractivity contribution in [1.29, 1.82) is 0 Å². The van der Waals surface area contributed by atoms with Crippen molar-refractivity contribution >= 4 is 5.78 Å². The molecule has 0 radical (unpaired) electrons. The predicted molar refractivity (Wildman–Crippen MR) is 148 cm³/mol. The molecule has 4 fully saturated rings. The first-order valence-electron chi connectivity index (χ1n) is 15.6. The Balaban J connectivity index is 0.000000220. The number of aliphatic hydroxyl groups excluding tert-OH is 1. The molecule has 4 rings (SSSR count). The van der Waals surface area contributed by atoms with Gasteiger partial charge in [0.25, 0.3) is 0 Å². The predicted octanol–water partition coefficient (Wildman–Crippen LogP) is 4.63. The molecule has 0 saturated carbocycles. The molecule has 4 aliphatic rings. The van der Waals surface area contributed by atoms with Gasteiger partial charge >= 0.3 is 0 Å². The molecule has 0 aromatic heterocycles. The van der Waals surface area contributed by atoms with E-state index in [0.29, 0.717) is 26.4 Å². The highest BCUT2D eigenvalue weighted by molar-refractivity contribution is 5.88. The van der Waals surface area contributed by atoms with E-state index < -0.39 is 41.5 Å². The molecule has 0 unspecified atom stereocenters. The summed E-state index contributed by atoms with van der Waals surface area (Å²) >= 11 is 0. The van der Waals surface area contributed by atoms with Crippen molar-refractivity contribution in [2.45, 2.75) is 160 Å². The second-order valence-electron chi connectivity index (χ2n) is 11.1. The summed E-state index contributed by atoms with van der Waals surface area (Å²) in [5.41, 5.74) is 0. The summed E-state index contributed by atoms with van der Waals surface area (Å²) in [4.78, 5) is 12.5. The van der Waals surface area contributed by atoms with Crippen molar-refractivity contribution < 1.29 is 47.8 Å². The molecule has 10 nitrogen and oxygen atoms in total. The summed E-state index contributed by atoms with van der Waals surface area (Å²) in [6.45, 7) is 17.6. The Morgan fingerprint density at radius 2 is 0.825 bits per heavy atom. The van der Waals surface area contributed by atoms with Gasteiger partial charge in [0, 0.05) is 0 Å². The van der Waals surface area contributed by atoms with Gasteiger partial charge in [-0.15, -0.1) is 0 Å². The highest BCUT2D eigenvalue weighted by atomic mass is 16.8. The van der Waals surface area contributed by atoms with Crippen LogP contribution in [0.25, 0.3) is 0 Å². The van der Waals surface area contributed by atoms with E-state index in [4.69, 9.17) is 37.9 Å². The SMILES string of the molecule is CCC1(CC)OC[C@@H](C(=O)[C@@H]2COC(CC)(CC)O2)O1.CCC1(CC)OC[C@@H](C(O)[C@@H]2COC(CC)(CC)O2)O1. The van der Waals surface area contributed by atoms with Crippen LogP contribution in [0.15, 0.2) is 0 Å². The van der Waals surface area contributed by atoms with Crippen LogP contribution in [0.5, 0.6) is 0 Å². The van der Waals surface area contributed by atoms with Crippen LogP contribution in [-0.2, 0) is 42.7 Å². The summed E-state index contributed by atoms with van der Waals surface area (Å²) in [7, 11) is 0. The quantitative estimate of drug-likeness (QED) is 0.354. The van der Waals surface area contributed by atoms with Gasteiger partial charge in [0.2, 0.25) is 0 Å². The molecular weight excluding hydrogens is 520 g/mol. The fraction of sp³-hybridized carbons (Fsp3) is 0.967. The van der Waals surface area contributed by atoms with Gasteiger partial charge in [-0.25, -0.2) is 0 Å². The second-order valence-corrected chi connectivity index (χ2v) is 11.1. The number of Topliss-reactive ketones (excluding diaryl/α,β-unsaturated/α-hetero) is 1. The van der Waals surface area contributed by atoms with Crippen molar-refractivity contribution in [3.05, 3.63) is 0 Å². The molecule has 234 valence electrons. The lowest BCUT2D eigenvalue weighted by atomic mass is 10.1. The molecule has 10 heteroatoms. The van der Waals surface area contributed by atoms with E-state index in [2.05, 4.69) is 0 Å². The maximum Gasteiger partial charge on any atom is 0.195 e. The van der Waals surface area contributed by atoms with Crippen molar-refractivity contribution in [2.75, 3.05) is 26.4 Å². The first kappa shape index (κ1) is 33.8. The Morgan fingerprint density at radius 3 is 1.07 bits per heavy atom. The monoisotopic (exact) mass is 574 g/mol. The lowest BCUT2D eigenvalue weighted by Gasteiger charge is -2.29. The molecule has 0 spiro atoms. The van der Waals surface area contributed by atoms with Crippen LogP contribution in [0.4, 0.5) is 0 Å². The molecule has 0 amide bonds. The fourth-order valence-electron chi connectivity index (χ4n) is 5.81. The molecule has 0 aromatic rings. The molecule has 1 N–H and O–H groups in total. The molecule has 40 heavy (non-hydrogen) atoms. The number of hydrogen-bond acceptors (Lipinski definition) is 10. The van der Waals surface area contributed by atoms with E-state index in [1.807, 2.05) is 55.4 Å². The largest absolute Gasteiger partial charge is 0.388 e. The number of carbonyl (C=O) groups is 1. The zero-order valence-corrected chi connectivity index (χ0v) is 26.0. The molecule has 0 bridgehead atoms. The first-order chi connectivity index (χ1) is 19.1. The minimum absolute atomic E-state index is 0.0578. The average Bonchev–Trinajstić information content (AvgIpc) is 3.81. The molecule has 0 aromatic carbocycles. The standard InChI is InChI=1S/C15H28O5.C15H26O5/c2*1-5-14(6-2)17-9-11(19-14)13(16)12-10-18-15(7-3,8-4)20-12/h11-13,16H,5-10H2,1-4H3;11-12H,5-10H2,1-4H3/t2*11-,12-/m00/s1. The topological polar surface area (TPSA) is 111 Å². The Kier molecular flexibility index (Phi) is 12.0. The smallest absolute Gasteiger partial charge is 0.195 e. The molecule has 4 heterocycles. The molecule has 4 atom stereocenters. The van der Waals surface area contributed by atoms with E-state index in [-0.39, 0.29) is 18.0 Å². The first-order valence-corrected chi connectivity index (χ1v) is 15.6. The van der Waals surface area contributed by atoms with Crippen LogP contribution in [0.2, 0.25) is 0 Å². The normalized spacial score (nSPS) is 31.9. The molecular formula is C30H54O10. The average molecular weight is 575 g/mol. The zero-order valence-electron chi connectivity index (χ0n) is 26.0. The Hall–Kier alpha value is -0.690. The highest BCUT2D eigenvalue weighted by Crippen LogP contribution is 2.37. The lowest BCUT2D eigenvalue weighted by molar-refractivity contribution is -0.204. The van der Waals surface area contributed by atoms with E-state index in [1.54, 1.807) is 0 Å². The molecule has 4 saturated heterocycles. The van der Waals surface area contributed by atoms with Gasteiger partial charge in [-0.3, -0.25) is 4.79 Å². The lowest BCUT2D eigenvalue weighted by Crippen LogP contribution is -2.42. The van der Waals surface area contributed by atoms with Gasteiger partial charge in [0.05, 0.1) is 26.4 Å². The van der Waals surface area contributed by atoms with Crippen molar-refractivity contribution in [3.8, 4) is 0 Å². The minimum atomic E-state index is -0.713. The molecule has 0 aliphatic carbocycles. The van der Waals surface area contributed by atoms with Gasteiger partial charge in [0.15, 0.2) is 28.9 Å².